The number of nitrogens with one attached hydrogen (secondary N) is 1. The summed E-state index contributed by atoms with van der Waals surface area (Å²) in [4.78, 5) is 0.255. The van der Waals surface area contributed by atoms with E-state index in [0.29, 0.717) is 24.1 Å². The molecule has 1 aliphatic rings. The maximum absolute atomic E-state index is 12.1. The van der Waals surface area contributed by atoms with Gasteiger partial charge in [0.2, 0.25) is 10.0 Å². The molecule has 2 unspecified atom stereocenters. The van der Waals surface area contributed by atoms with Crippen molar-refractivity contribution in [2.24, 2.45) is 11.8 Å². The molecule has 3 N–H and O–H groups in total. The van der Waals surface area contributed by atoms with Crippen molar-refractivity contribution in [1.82, 2.24) is 4.72 Å². The third kappa shape index (κ3) is 2.84. The topological polar surface area (TPSA) is 72.2 Å². The quantitative estimate of drug-likeness (QED) is 0.799. The van der Waals surface area contributed by atoms with Crippen LogP contribution < -0.4 is 10.5 Å². The van der Waals surface area contributed by atoms with Crippen molar-refractivity contribution < 1.29 is 8.42 Å². The van der Waals surface area contributed by atoms with E-state index in [1.54, 1.807) is 12.1 Å². The molecule has 0 bridgehead atoms. The molecular weight excluding hydrogens is 248 g/mol. The number of nitrogen functional groups attached to an aromatic ring is 1. The molecule has 0 aromatic heterocycles. The lowest BCUT2D eigenvalue weighted by molar-refractivity contribution is 0.574. The SMILES string of the molecule is CCc1ccc(S(=O)(=O)NCC2CC2C)cc1N. The summed E-state index contributed by atoms with van der Waals surface area (Å²) in [5.74, 6) is 1.13. The largest absolute Gasteiger partial charge is 0.398 e. The Morgan fingerprint density at radius 2 is 2.11 bits per heavy atom. The lowest BCUT2D eigenvalue weighted by Gasteiger charge is -2.09. The van der Waals surface area contributed by atoms with Crippen LogP contribution in [0.1, 0.15) is 25.8 Å². The highest BCUT2D eigenvalue weighted by atomic mass is 32.2. The third-order valence-corrected chi connectivity index (χ3v) is 5.04. The van der Waals surface area contributed by atoms with Crippen molar-refractivity contribution in [3.8, 4) is 0 Å². The van der Waals surface area contributed by atoms with E-state index in [1.807, 2.05) is 6.92 Å². The second-order valence-electron chi connectivity index (χ2n) is 5.04. The summed E-state index contributed by atoms with van der Waals surface area (Å²) in [6.07, 6.45) is 1.92. The van der Waals surface area contributed by atoms with Crippen LogP contribution in [0.3, 0.4) is 0 Å². The van der Waals surface area contributed by atoms with Crippen LogP contribution in [0.5, 0.6) is 0 Å². The minimum absolute atomic E-state index is 0.255. The predicted molar refractivity (Wildman–Crippen MR) is 72.7 cm³/mol. The van der Waals surface area contributed by atoms with E-state index in [0.717, 1.165) is 18.4 Å². The van der Waals surface area contributed by atoms with Gasteiger partial charge in [-0.2, -0.15) is 0 Å². The number of sulfonamides is 1. The maximum atomic E-state index is 12.1. The Labute approximate surface area is 109 Å². The first-order valence-electron chi connectivity index (χ1n) is 6.32. The van der Waals surface area contributed by atoms with Crippen LogP contribution in [0.25, 0.3) is 0 Å². The second kappa shape index (κ2) is 4.90. The lowest BCUT2D eigenvalue weighted by Crippen LogP contribution is -2.26. The molecule has 0 heterocycles. The van der Waals surface area contributed by atoms with Crippen LogP contribution in [0.15, 0.2) is 23.1 Å². The molecule has 1 aromatic carbocycles. The highest BCUT2D eigenvalue weighted by molar-refractivity contribution is 7.89. The highest BCUT2D eigenvalue weighted by Crippen LogP contribution is 2.37. The first-order chi connectivity index (χ1) is 8.44. The summed E-state index contributed by atoms with van der Waals surface area (Å²) in [5.41, 5.74) is 7.35. The molecule has 1 aliphatic carbocycles. The van der Waals surface area contributed by atoms with Gasteiger partial charge in [-0.1, -0.05) is 19.9 Å². The fourth-order valence-electron chi connectivity index (χ4n) is 2.05. The first kappa shape index (κ1) is 13.4. The summed E-state index contributed by atoms with van der Waals surface area (Å²) in [7, 11) is -3.42. The van der Waals surface area contributed by atoms with Crippen molar-refractivity contribution in [2.45, 2.75) is 31.6 Å². The van der Waals surface area contributed by atoms with E-state index >= 15 is 0 Å². The normalized spacial score (nSPS) is 23.0. The smallest absolute Gasteiger partial charge is 0.240 e. The zero-order valence-electron chi connectivity index (χ0n) is 10.8. The molecule has 18 heavy (non-hydrogen) atoms. The van der Waals surface area contributed by atoms with E-state index in [2.05, 4.69) is 11.6 Å². The standard InChI is InChI=1S/C13H20N2O2S/c1-3-10-4-5-12(7-13(10)14)18(16,17)15-8-11-6-9(11)2/h4-5,7,9,11,15H,3,6,8,14H2,1-2H3. The van der Waals surface area contributed by atoms with E-state index in [4.69, 9.17) is 5.73 Å². The monoisotopic (exact) mass is 268 g/mol. The van der Waals surface area contributed by atoms with Crippen molar-refractivity contribution >= 4 is 15.7 Å². The summed E-state index contributed by atoms with van der Waals surface area (Å²) in [5, 5.41) is 0. The van der Waals surface area contributed by atoms with E-state index in [9.17, 15) is 8.42 Å². The van der Waals surface area contributed by atoms with Crippen molar-refractivity contribution in [1.29, 1.82) is 0 Å². The average Bonchev–Trinajstić information content (AvgIpc) is 3.03. The van der Waals surface area contributed by atoms with E-state index in [-0.39, 0.29) is 4.90 Å². The zero-order chi connectivity index (χ0) is 13.3. The number of anilines is 1. The molecule has 0 amide bonds. The molecule has 4 nitrogen and oxygen atoms in total. The van der Waals surface area contributed by atoms with Gasteiger partial charge >= 0.3 is 0 Å². The molecule has 2 atom stereocenters. The van der Waals surface area contributed by atoms with Gasteiger partial charge in [-0.25, -0.2) is 13.1 Å². The fourth-order valence-corrected chi connectivity index (χ4v) is 3.18. The molecule has 1 aromatic rings. The van der Waals surface area contributed by atoms with E-state index < -0.39 is 10.0 Å². The highest BCUT2D eigenvalue weighted by Gasteiger charge is 2.33. The van der Waals surface area contributed by atoms with Crippen molar-refractivity contribution in [3.05, 3.63) is 23.8 Å². The molecule has 0 radical (unpaired) electrons. The van der Waals surface area contributed by atoms with Gasteiger partial charge in [0.25, 0.3) is 0 Å². The molecule has 2 rings (SSSR count). The third-order valence-electron chi connectivity index (χ3n) is 3.62. The van der Waals surface area contributed by atoms with Crippen LogP contribution in [0, 0.1) is 11.8 Å². The zero-order valence-corrected chi connectivity index (χ0v) is 11.6. The number of rotatable bonds is 5. The minimum Gasteiger partial charge on any atom is -0.398 e. The number of benzene rings is 1. The fraction of sp³-hybridized carbons (Fsp3) is 0.538. The van der Waals surface area contributed by atoms with Gasteiger partial charge < -0.3 is 5.73 Å². The number of hydrogen-bond acceptors (Lipinski definition) is 3. The second-order valence-corrected chi connectivity index (χ2v) is 6.81. The van der Waals surface area contributed by atoms with Gasteiger partial charge in [-0.15, -0.1) is 0 Å². The summed E-state index contributed by atoms with van der Waals surface area (Å²) in [6, 6.07) is 4.94. The Hall–Kier alpha value is -1.07. The van der Waals surface area contributed by atoms with Crippen LogP contribution >= 0.6 is 0 Å². The average molecular weight is 268 g/mol. The molecule has 1 saturated carbocycles. The van der Waals surface area contributed by atoms with Gasteiger partial charge in [0.05, 0.1) is 4.90 Å². The van der Waals surface area contributed by atoms with Gasteiger partial charge in [-0.3, -0.25) is 0 Å². The van der Waals surface area contributed by atoms with Crippen LogP contribution in [-0.4, -0.2) is 15.0 Å². The van der Waals surface area contributed by atoms with Crippen molar-refractivity contribution in [2.75, 3.05) is 12.3 Å². The van der Waals surface area contributed by atoms with Gasteiger partial charge in [0.15, 0.2) is 0 Å². The first-order valence-corrected chi connectivity index (χ1v) is 7.80. The van der Waals surface area contributed by atoms with E-state index in [1.165, 1.54) is 6.07 Å². The Balaban J connectivity index is 2.11. The number of aryl methyl sites for hydroxylation is 1. The van der Waals surface area contributed by atoms with Crippen LogP contribution in [0.2, 0.25) is 0 Å². The molecule has 5 heteroatoms. The Kier molecular flexibility index (Phi) is 3.64. The summed E-state index contributed by atoms with van der Waals surface area (Å²) < 4.78 is 26.8. The van der Waals surface area contributed by atoms with Gasteiger partial charge in [-0.05, 0) is 42.4 Å². The number of nitrogens with two attached hydrogens (primary N) is 1. The molecular formula is C13H20N2O2S. The molecule has 0 aliphatic heterocycles. The lowest BCUT2D eigenvalue weighted by atomic mass is 10.1. The maximum Gasteiger partial charge on any atom is 0.240 e. The summed E-state index contributed by atoms with van der Waals surface area (Å²) >= 11 is 0. The Morgan fingerprint density at radius 3 is 2.61 bits per heavy atom. The minimum atomic E-state index is -3.42. The van der Waals surface area contributed by atoms with Crippen LogP contribution in [-0.2, 0) is 16.4 Å². The van der Waals surface area contributed by atoms with Crippen LogP contribution in [0.4, 0.5) is 5.69 Å². The summed E-state index contributed by atoms with van der Waals surface area (Å²) in [6.45, 7) is 4.65. The van der Waals surface area contributed by atoms with Crippen molar-refractivity contribution in [3.63, 3.8) is 0 Å². The van der Waals surface area contributed by atoms with Gasteiger partial charge in [0.1, 0.15) is 0 Å². The Bertz CT molecular complexity index is 540. The molecule has 0 spiro atoms. The van der Waals surface area contributed by atoms with Gasteiger partial charge in [0, 0.05) is 12.2 Å². The molecule has 0 saturated heterocycles. The Morgan fingerprint density at radius 1 is 1.44 bits per heavy atom. The predicted octanol–water partition coefficient (Wildman–Crippen LogP) is 1.77. The number of hydrogen-bond donors (Lipinski definition) is 2. The molecule has 1 fully saturated rings. The molecule has 100 valence electrons.